The Labute approximate surface area is 147 Å². The number of carboxylic acids is 1. The van der Waals surface area contributed by atoms with Crippen molar-refractivity contribution in [1.82, 2.24) is 4.90 Å². The third kappa shape index (κ3) is 5.48. The molecule has 0 saturated carbocycles. The average molecular weight is 348 g/mol. The van der Waals surface area contributed by atoms with Gasteiger partial charge in [0, 0.05) is 36.7 Å². The smallest absolute Gasteiger partial charge is 0.341 e. The van der Waals surface area contributed by atoms with Crippen molar-refractivity contribution in [2.45, 2.75) is 26.7 Å². The lowest BCUT2D eigenvalue weighted by molar-refractivity contribution is -0.139. The first kappa shape index (κ1) is 18.8. The Bertz CT molecular complexity index is 636. The van der Waals surface area contributed by atoms with E-state index in [0.29, 0.717) is 37.4 Å². The maximum Gasteiger partial charge on any atom is 0.341 e. The Balaban J connectivity index is 1.87. The van der Waals surface area contributed by atoms with Crippen LogP contribution in [0.25, 0.3) is 0 Å². The third-order valence-corrected chi connectivity index (χ3v) is 4.14. The summed E-state index contributed by atoms with van der Waals surface area (Å²) in [5, 5.41) is 11.5. The van der Waals surface area contributed by atoms with E-state index in [1.807, 2.05) is 18.7 Å². The molecule has 1 fully saturated rings. The molecule has 1 aliphatic heterocycles. The van der Waals surface area contributed by atoms with Gasteiger partial charge in [-0.05, 0) is 25.0 Å². The molecule has 1 aromatic rings. The minimum atomic E-state index is -1.06. The number of rotatable bonds is 6. The first-order valence-electron chi connectivity index (χ1n) is 8.41. The van der Waals surface area contributed by atoms with Crippen LogP contribution in [0.1, 0.15) is 26.7 Å². The van der Waals surface area contributed by atoms with Crippen LogP contribution in [0.4, 0.5) is 5.69 Å². The molecule has 0 aliphatic carbocycles. The molecule has 1 saturated heterocycles. The molecule has 0 unspecified atom stereocenters. The molecule has 0 aromatic heterocycles. The summed E-state index contributed by atoms with van der Waals surface area (Å²) in [5.41, 5.74) is 0.563. The van der Waals surface area contributed by atoms with E-state index < -0.39 is 12.6 Å². The van der Waals surface area contributed by atoms with Crippen LogP contribution in [0.3, 0.4) is 0 Å². The van der Waals surface area contributed by atoms with E-state index in [4.69, 9.17) is 9.84 Å². The number of aliphatic carboxylic acids is 1. The van der Waals surface area contributed by atoms with Gasteiger partial charge in [-0.1, -0.05) is 19.9 Å². The van der Waals surface area contributed by atoms with Gasteiger partial charge in [-0.3, -0.25) is 9.59 Å². The lowest BCUT2D eigenvalue weighted by atomic mass is 9.95. The summed E-state index contributed by atoms with van der Waals surface area (Å²) in [7, 11) is 0. The highest BCUT2D eigenvalue weighted by molar-refractivity contribution is 5.93. The van der Waals surface area contributed by atoms with Crippen molar-refractivity contribution in [1.29, 1.82) is 0 Å². The van der Waals surface area contributed by atoms with E-state index >= 15 is 0 Å². The van der Waals surface area contributed by atoms with E-state index in [9.17, 15) is 14.4 Å². The summed E-state index contributed by atoms with van der Waals surface area (Å²) in [5.74, 6) is -0.803. The normalized spacial score (nSPS) is 15.1. The Morgan fingerprint density at radius 2 is 1.96 bits per heavy atom. The summed E-state index contributed by atoms with van der Waals surface area (Å²) in [6.07, 6.45) is 1.28. The van der Waals surface area contributed by atoms with Gasteiger partial charge in [0.2, 0.25) is 11.8 Å². The topological polar surface area (TPSA) is 95.9 Å². The van der Waals surface area contributed by atoms with Crippen molar-refractivity contribution in [3.8, 4) is 5.75 Å². The van der Waals surface area contributed by atoms with Crippen molar-refractivity contribution in [3.63, 3.8) is 0 Å². The molecule has 0 bridgehead atoms. The fraction of sp³-hybridized carbons (Fsp3) is 0.500. The quantitative estimate of drug-likeness (QED) is 0.819. The van der Waals surface area contributed by atoms with E-state index in [1.54, 1.807) is 24.3 Å². The molecule has 25 heavy (non-hydrogen) atoms. The maximum absolute atomic E-state index is 12.4. The number of anilines is 1. The van der Waals surface area contributed by atoms with Gasteiger partial charge in [0.1, 0.15) is 5.75 Å². The molecule has 136 valence electrons. The zero-order valence-corrected chi connectivity index (χ0v) is 14.5. The van der Waals surface area contributed by atoms with E-state index in [1.165, 1.54) is 0 Å². The predicted molar refractivity (Wildman–Crippen MR) is 92.3 cm³/mol. The highest BCUT2D eigenvalue weighted by Crippen LogP contribution is 2.22. The molecule has 0 atom stereocenters. The molecule has 1 aliphatic rings. The van der Waals surface area contributed by atoms with Crippen LogP contribution in [0, 0.1) is 11.8 Å². The largest absolute Gasteiger partial charge is 0.482 e. The number of hydrogen-bond donors (Lipinski definition) is 2. The molecule has 1 heterocycles. The van der Waals surface area contributed by atoms with Gasteiger partial charge in [0.05, 0.1) is 0 Å². The van der Waals surface area contributed by atoms with E-state index in [0.717, 1.165) is 0 Å². The average Bonchev–Trinajstić information content (AvgIpc) is 2.59. The number of ether oxygens (including phenoxy) is 1. The van der Waals surface area contributed by atoms with Gasteiger partial charge in [0.25, 0.3) is 0 Å². The van der Waals surface area contributed by atoms with Crippen molar-refractivity contribution in [2.75, 3.05) is 25.0 Å². The summed E-state index contributed by atoms with van der Waals surface area (Å²) in [4.78, 5) is 36.7. The molecule has 2 N–H and O–H groups in total. The summed E-state index contributed by atoms with van der Waals surface area (Å²) in [6.45, 7) is 4.51. The number of likely N-dealkylation sites (tertiary alicyclic amines) is 1. The molecular weight excluding hydrogens is 324 g/mol. The molecule has 7 heteroatoms. The second-order valence-electron chi connectivity index (χ2n) is 6.45. The molecule has 2 rings (SSSR count). The standard InChI is InChI=1S/C18H24N2O5/c1-12(2)18(24)20-8-6-13(7-9-20)17(23)19-14-4-3-5-15(10-14)25-11-16(21)22/h3-5,10,12-13H,6-9,11H2,1-2H3,(H,19,23)(H,21,22). The van der Waals surface area contributed by atoms with Crippen LogP contribution in [-0.2, 0) is 14.4 Å². The fourth-order valence-electron chi connectivity index (χ4n) is 2.78. The van der Waals surface area contributed by atoms with Crippen LogP contribution in [0.15, 0.2) is 24.3 Å². The van der Waals surface area contributed by atoms with Crippen LogP contribution in [0.5, 0.6) is 5.75 Å². The second-order valence-corrected chi connectivity index (χ2v) is 6.45. The molecule has 0 spiro atoms. The molecule has 1 aromatic carbocycles. The van der Waals surface area contributed by atoms with Crippen molar-refractivity contribution in [3.05, 3.63) is 24.3 Å². The fourth-order valence-corrected chi connectivity index (χ4v) is 2.78. The van der Waals surface area contributed by atoms with Crippen LogP contribution in [0.2, 0.25) is 0 Å². The molecule has 7 nitrogen and oxygen atoms in total. The van der Waals surface area contributed by atoms with E-state index in [-0.39, 0.29) is 23.7 Å². The lowest BCUT2D eigenvalue weighted by Crippen LogP contribution is -2.43. The zero-order chi connectivity index (χ0) is 18.4. The minimum Gasteiger partial charge on any atom is -0.482 e. The number of piperidine rings is 1. The molecular formula is C18H24N2O5. The van der Waals surface area contributed by atoms with Gasteiger partial charge in [-0.25, -0.2) is 4.79 Å². The van der Waals surface area contributed by atoms with Crippen LogP contribution in [-0.4, -0.2) is 47.5 Å². The van der Waals surface area contributed by atoms with E-state index in [2.05, 4.69) is 5.32 Å². The number of carboxylic acid groups (broad SMARTS) is 1. The highest BCUT2D eigenvalue weighted by Gasteiger charge is 2.28. The summed E-state index contributed by atoms with van der Waals surface area (Å²) < 4.78 is 5.10. The minimum absolute atomic E-state index is 0.0288. The van der Waals surface area contributed by atoms with Crippen molar-refractivity contribution < 1.29 is 24.2 Å². The number of benzene rings is 1. The number of carbonyl (C=O) groups is 3. The lowest BCUT2D eigenvalue weighted by Gasteiger charge is -2.32. The summed E-state index contributed by atoms with van der Waals surface area (Å²) >= 11 is 0. The number of carbonyl (C=O) groups excluding carboxylic acids is 2. The molecule has 0 radical (unpaired) electrons. The highest BCUT2D eigenvalue weighted by atomic mass is 16.5. The van der Waals surface area contributed by atoms with Gasteiger partial charge >= 0.3 is 5.97 Å². The number of nitrogens with one attached hydrogen (secondary N) is 1. The van der Waals surface area contributed by atoms with Gasteiger partial charge in [0.15, 0.2) is 6.61 Å². The Morgan fingerprint density at radius 3 is 2.56 bits per heavy atom. The second kappa shape index (κ2) is 8.50. The Morgan fingerprint density at radius 1 is 1.28 bits per heavy atom. The van der Waals surface area contributed by atoms with Crippen molar-refractivity contribution in [2.24, 2.45) is 11.8 Å². The number of hydrogen-bond acceptors (Lipinski definition) is 4. The Hall–Kier alpha value is -2.57. The molecule has 2 amide bonds. The van der Waals surface area contributed by atoms with Gasteiger partial charge in [-0.15, -0.1) is 0 Å². The first-order valence-corrected chi connectivity index (χ1v) is 8.41. The van der Waals surface area contributed by atoms with Gasteiger partial charge in [-0.2, -0.15) is 0 Å². The van der Waals surface area contributed by atoms with Crippen molar-refractivity contribution >= 4 is 23.5 Å². The van der Waals surface area contributed by atoms with Crippen LogP contribution < -0.4 is 10.1 Å². The SMILES string of the molecule is CC(C)C(=O)N1CCC(C(=O)Nc2cccc(OCC(=O)O)c2)CC1. The summed E-state index contributed by atoms with van der Waals surface area (Å²) in [6, 6.07) is 6.65. The predicted octanol–water partition coefficient (Wildman–Crippen LogP) is 1.98. The monoisotopic (exact) mass is 348 g/mol. The first-order chi connectivity index (χ1) is 11.9. The van der Waals surface area contributed by atoms with Crippen LogP contribution >= 0.6 is 0 Å². The maximum atomic E-state index is 12.4. The zero-order valence-electron chi connectivity index (χ0n) is 14.5. The third-order valence-electron chi connectivity index (χ3n) is 4.14. The number of nitrogens with zero attached hydrogens (tertiary/aromatic N) is 1. The number of amides is 2. The Kier molecular flexibility index (Phi) is 6.38. The van der Waals surface area contributed by atoms with Gasteiger partial charge < -0.3 is 20.1 Å².